The summed E-state index contributed by atoms with van der Waals surface area (Å²) in [6.07, 6.45) is 0. The third kappa shape index (κ3) is 2.06. The lowest BCUT2D eigenvalue weighted by Crippen LogP contribution is -2.47. The predicted octanol–water partition coefficient (Wildman–Crippen LogP) is 7.96. The Labute approximate surface area is 182 Å². The van der Waals surface area contributed by atoms with Gasteiger partial charge in [0.1, 0.15) is 0 Å². The van der Waals surface area contributed by atoms with Crippen LogP contribution in [-0.2, 0) is 0 Å². The van der Waals surface area contributed by atoms with Crippen molar-refractivity contribution in [1.29, 1.82) is 0 Å². The molecule has 2 aliphatic heterocycles. The molecule has 0 aromatic heterocycles. The van der Waals surface area contributed by atoms with Crippen molar-refractivity contribution in [2.45, 2.75) is 45.5 Å². The van der Waals surface area contributed by atoms with Crippen LogP contribution in [0.15, 0.2) is 41.9 Å². The van der Waals surface area contributed by atoms with Crippen LogP contribution in [0, 0.1) is 10.8 Å². The van der Waals surface area contributed by atoms with E-state index in [1.165, 1.54) is 0 Å². The Morgan fingerprint density at radius 1 is 0.690 bits per heavy atom. The summed E-state index contributed by atoms with van der Waals surface area (Å²) >= 11 is 14.0. The van der Waals surface area contributed by atoms with Gasteiger partial charge in [-0.1, -0.05) is 23.5 Å². The van der Waals surface area contributed by atoms with Crippen LogP contribution >= 0.6 is 46.7 Å². The molecule has 29 heavy (non-hydrogen) atoms. The molecule has 0 amide bonds. The number of hydrogen-bond donors (Lipinski definition) is 0. The number of rotatable bonds is 2. The molecule has 1 saturated carbocycles. The minimum absolute atomic E-state index is 0.0397. The average molecular weight is 493 g/mol. The van der Waals surface area contributed by atoms with Gasteiger partial charge in [-0.15, -0.1) is 23.2 Å². The Morgan fingerprint density at radius 2 is 1.00 bits per heavy atom. The lowest BCUT2D eigenvalue weighted by molar-refractivity contribution is -0.258. The van der Waals surface area contributed by atoms with E-state index in [-0.39, 0.29) is 21.6 Å². The van der Waals surface area contributed by atoms with Gasteiger partial charge in [-0.05, 0) is 48.7 Å². The first-order valence-corrected chi connectivity index (χ1v) is 11.4. The molecule has 0 saturated heterocycles. The highest BCUT2D eigenvalue weighted by atomic mass is 35.5. The number of allylic oxidation sites excluding steroid dienone is 8. The maximum absolute atomic E-state index is 14.9. The van der Waals surface area contributed by atoms with Crippen LogP contribution in [0.2, 0.25) is 0 Å². The second-order valence-electron chi connectivity index (χ2n) is 7.92. The van der Waals surface area contributed by atoms with Gasteiger partial charge < -0.3 is 0 Å². The maximum atomic E-state index is 14.9. The van der Waals surface area contributed by atoms with E-state index in [2.05, 4.69) is 0 Å². The fraction of sp³-hybridized carbons (Fsp3) is 0.579. The third-order valence-electron chi connectivity index (χ3n) is 6.86. The zero-order valence-corrected chi connectivity index (χ0v) is 18.9. The van der Waals surface area contributed by atoms with E-state index in [4.69, 9.17) is 23.2 Å². The van der Waals surface area contributed by atoms with E-state index in [1.807, 2.05) is 0 Å². The summed E-state index contributed by atoms with van der Waals surface area (Å²) < 4.78 is 88.7. The summed E-state index contributed by atoms with van der Waals surface area (Å²) in [5, 5.41) is 0. The van der Waals surface area contributed by atoms with Crippen LogP contribution in [0.5, 0.6) is 0 Å². The molecule has 0 aromatic carbocycles. The van der Waals surface area contributed by atoms with Gasteiger partial charge in [0, 0.05) is 43.5 Å². The molecule has 0 radical (unpaired) electrons. The fourth-order valence-electron chi connectivity index (χ4n) is 5.06. The molecule has 2 heterocycles. The maximum Gasteiger partial charge on any atom is 0.380 e. The van der Waals surface area contributed by atoms with Crippen molar-refractivity contribution >= 4 is 46.7 Å². The molecule has 0 nitrogen and oxygen atoms in total. The van der Waals surface area contributed by atoms with E-state index in [0.717, 1.165) is 23.5 Å². The van der Waals surface area contributed by atoms with Gasteiger partial charge >= 0.3 is 17.8 Å². The molecule has 2 aliphatic carbocycles. The van der Waals surface area contributed by atoms with Crippen molar-refractivity contribution in [3.63, 3.8) is 0 Å². The van der Waals surface area contributed by atoms with Crippen LogP contribution in [-0.4, -0.2) is 29.5 Å². The van der Waals surface area contributed by atoms with Crippen molar-refractivity contribution < 1.29 is 26.3 Å². The standard InChI is InChI=1S/C19H16Cl2F6S2/c1-7-9(5-20)15(3)13(28-7)11-12(18(24,25)19(26,27)17(11,22)23)14-16(15,4)10(6-21)8(2)29-14/h5-6H2,1-4H3. The Morgan fingerprint density at radius 3 is 1.28 bits per heavy atom. The molecule has 2 atom stereocenters. The minimum Gasteiger partial charge on any atom is -0.194 e. The number of hydrogen-bond acceptors (Lipinski definition) is 2. The normalized spacial score (nSPS) is 36.8. The number of fused-ring (bicyclic) bond motifs is 4. The molecule has 0 aromatic rings. The van der Waals surface area contributed by atoms with Gasteiger partial charge in [0.2, 0.25) is 0 Å². The van der Waals surface area contributed by atoms with Crippen molar-refractivity contribution in [3.05, 3.63) is 41.9 Å². The molecule has 1 fully saturated rings. The molecule has 0 spiro atoms. The Kier molecular flexibility index (Phi) is 4.55. The Bertz CT molecular complexity index is 901. The summed E-state index contributed by atoms with van der Waals surface area (Å²) in [4.78, 5) is 0.771. The van der Waals surface area contributed by atoms with Crippen LogP contribution in [0.1, 0.15) is 27.7 Å². The first-order valence-electron chi connectivity index (χ1n) is 8.69. The largest absolute Gasteiger partial charge is 0.380 e. The lowest BCUT2D eigenvalue weighted by atomic mass is 9.55. The topological polar surface area (TPSA) is 0 Å². The first kappa shape index (κ1) is 22.0. The van der Waals surface area contributed by atoms with Gasteiger partial charge in [0.05, 0.1) is 0 Å². The monoisotopic (exact) mass is 492 g/mol. The van der Waals surface area contributed by atoms with Crippen LogP contribution in [0.3, 0.4) is 0 Å². The van der Waals surface area contributed by atoms with E-state index in [0.29, 0.717) is 21.0 Å². The molecular weight excluding hydrogens is 477 g/mol. The molecule has 0 bridgehead atoms. The fourth-order valence-corrected chi connectivity index (χ4v) is 9.30. The Hall–Kier alpha value is -0.180. The summed E-state index contributed by atoms with van der Waals surface area (Å²) in [5.74, 6) is -15.6. The number of halogens is 8. The number of alkyl halides is 8. The summed E-state index contributed by atoms with van der Waals surface area (Å²) in [5.41, 5.74) is -3.90. The molecule has 4 aliphatic rings. The summed E-state index contributed by atoms with van der Waals surface area (Å²) in [6, 6.07) is 0. The quantitative estimate of drug-likeness (QED) is 0.283. The van der Waals surface area contributed by atoms with Crippen molar-refractivity contribution in [1.82, 2.24) is 0 Å². The Balaban J connectivity index is 2.22. The highest BCUT2D eigenvalue weighted by Gasteiger charge is 2.85. The smallest absolute Gasteiger partial charge is 0.194 e. The summed E-state index contributed by atoms with van der Waals surface area (Å²) in [7, 11) is 0. The third-order valence-corrected chi connectivity index (χ3v) is 10.1. The molecule has 0 N–H and O–H groups in total. The zero-order chi connectivity index (χ0) is 21.9. The molecular formula is C19H16Cl2F6S2. The van der Waals surface area contributed by atoms with Crippen LogP contribution in [0.25, 0.3) is 0 Å². The van der Waals surface area contributed by atoms with Gasteiger partial charge in [-0.25, -0.2) is 0 Å². The second kappa shape index (κ2) is 5.99. The van der Waals surface area contributed by atoms with Gasteiger partial charge in [0.25, 0.3) is 0 Å². The first-order chi connectivity index (χ1) is 13.2. The summed E-state index contributed by atoms with van der Waals surface area (Å²) in [6.45, 7) is 6.54. The van der Waals surface area contributed by atoms with Crippen molar-refractivity contribution in [3.8, 4) is 0 Å². The van der Waals surface area contributed by atoms with E-state index in [1.54, 1.807) is 27.7 Å². The zero-order valence-electron chi connectivity index (χ0n) is 15.8. The van der Waals surface area contributed by atoms with Crippen LogP contribution in [0.4, 0.5) is 26.3 Å². The van der Waals surface area contributed by atoms with Crippen LogP contribution < -0.4 is 0 Å². The SMILES string of the molecule is CC1=C(CCl)C2(C)C(=C3C(=C4SC(C)=C(CCl)C42C)C(F)(F)C(F)(F)C3(F)F)S1. The highest BCUT2D eigenvalue weighted by molar-refractivity contribution is 8.07. The van der Waals surface area contributed by atoms with Gasteiger partial charge in [-0.2, -0.15) is 26.3 Å². The van der Waals surface area contributed by atoms with Gasteiger partial charge in [0.15, 0.2) is 0 Å². The average Bonchev–Trinajstić information content (AvgIpc) is 3.06. The number of thioether (sulfide) groups is 2. The molecule has 160 valence electrons. The van der Waals surface area contributed by atoms with E-state index in [9.17, 15) is 26.3 Å². The lowest BCUT2D eigenvalue weighted by Gasteiger charge is -2.50. The van der Waals surface area contributed by atoms with E-state index < -0.39 is 39.7 Å². The van der Waals surface area contributed by atoms with Crippen molar-refractivity contribution in [2.75, 3.05) is 11.8 Å². The minimum atomic E-state index is -5.53. The van der Waals surface area contributed by atoms with Gasteiger partial charge in [-0.3, -0.25) is 0 Å². The molecule has 2 unspecified atom stereocenters. The van der Waals surface area contributed by atoms with E-state index >= 15 is 0 Å². The van der Waals surface area contributed by atoms with Crippen molar-refractivity contribution in [2.24, 2.45) is 10.8 Å². The second-order valence-corrected chi connectivity index (χ2v) is 10.9. The molecule has 10 heteroatoms. The molecule has 4 rings (SSSR count). The highest BCUT2D eigenvalue weighted by Crippen LogP contribution is 2.79. The predicted molar refractivity (Wildman–Crippen MR) is 107 cm³/mol.